The molecule has 2 aromatic carbocycles. The van der Waals surface area contributed by atoms with Gasteiger partial charge < -0.3 is 0 Å². The first kappa shape index (κ1) is 11.7. The van der Waals surface area contributed by atoms with E-state index in [9.17, 15) is 10.1 Å². The van der Waals surface area contributed by atoms with Gasteiger partial charge in [0, 0.05) is 17.0 Å². The first-order valence-corrected chi connectivity index (χ1v) is 6.32. The Balaban J connectivity index is 2.52. The van der Waals surface area contributed by atoms with Gasteiger partial charge in [0.15, 0.2) is 0 Å². The molecule has 0 aromatic heterocycles. The maximum absolute atomic E-state index is 10.7. The lowest BCUT2D eigenvalue weighted by molar-refractivity contribution is -0.384. The highest BCUT2D eigenvalue weighted by Crippen LogP contribution is 2.31. The van der Waals surface area contributed by atoms with Gasteiger partial charge in [-0.15, -0.1) is 11.8 Å². The van der Waals surface area contributed by atoms with E-state index in [1.54, 1.807) is 23.9 Å². The molecule has 2 aromatic rings. The fourth-order valence-electron chi connectivity index (χ4n) is 1.67. The molecule has 0 aliphatic heterocycles. The Kier molecular flexibility index (Phi) is 3.44. The first-order chi connectivity index (χ1) is 8.22. The number of nitro groups is 1. The second kappa shape index (κ2) is 5.01. The van der Waals surface area contributed by atoms with Crippen molar-refractivity contribution in [2.45, 2.75) is 4.90 Å². The van der Waals surface area contributed by atoms with E-state index in [1.807, 2.05) is 36.6 Å². The maximum Gasteiger partial charge on any atom is 0.270 e. The number of hydrogen-bond acceptors (Lipinski definition) is 3. The number of nitro benzene ring substituents is 1. The van der Waals surface area contributed by atoms with Gasteiger partial charge in [-0.1, -0.05) is 30.3 Å². The fraction of sp³-hybridized carbons (Fsp3) is 0.0769. The Morgan fingerprint density at radius 2 is 1.88 bits per heavy atom. The van der Waals surface area contributed by atoms with E-state index in [4.69, 9.17) is 0 Å². The molecule has 0 heterocycles. The molecule has 3 nitrogen and oxygen atoms in total. The summed E-state index contributed by atoms with van der Waals surface area (Å²) in [7, 11) is 0. The van der Waals surface area contributed by atoms with Crippen LogP contribution in [0.25, 0.3) is 11.1 Å². The third-order valence-electron chi connectivity index (χ3n) is 2.47. The molecule has 0 saturated heterocycles. The van der Waals surface area contributed by atoms with E-state index in [2.05, 4.69) is 0 Å². The molecule has 2 rings (SSSR count). The summed E-state index contributed by atoms with van der Waals surface area (Å²) in [5, 5.41) is 10.7. The molecule has 0 atom stereocenters. The van der Waals surface area contributed by atoms with Gasteiger partial charge in [0.1, 0.15) is 0 Å². The van der Waals surface area contributed by atoms with Crippen molar-refractivity contribution in [3.8, 4) is 11.1 Å². The van der Waals surface area contributed by atoms with E-state index in [-0.39, 0.29) is 10.6 Å². The molecule has 86 valence electrons. The minimum Gasteiger partial charge on any atom is -0.258 e. The minimum absolute atomic E-state index is 0.124. The van der Waals surface area contributed by atoms with Gasteiger partial charge in [-0.2, -0.15) is 0 Å². The zero-order valence-corrected chi connectivity index (χ0v) is 10.1. The molecule has 0 N–H and O–H groups in total. The second-order valence-electron chi connectivity index (χ2n) is 3.51. The van der Waals surface area contributed by atoms with Crippen molar-refractivity contribution >= 4 is 17.4 Å². The molecular weight excluding hydrogens is 234 g/mol. The van der Waals surface area contributed by atoms with Crippen LogP contribution in [0.3, 0.4) is 0 Å². The Labute approximate surface area is 104 Å². The van der Waals surface area contributed by atoms with Crippen LogP contribution in [0.2, 0.25) is 0 Å². The van der Waals surface area contributed by atoms with Crippen molar-refractivity contribution in [3.05, 3.63) is 58.6 Å². The molecule has 0 radical (unpaired) electrons. The van der Waals surface area contributed by atoms with Crippen molar-refractivity contribution in [1.82, 2.24) is 0 Å². The van der Waals surface area contributed by atoms with Crippen LogP contribution >= 0.6 is 11.8 Å². The van der Waals surface area contributed by atoms with Gasteiger partial charge in [-0.3, -0.25) is 10.1 Å². The lowest BCUT2D eigenvalue weighted by atomic mass is 10.1. The number of thioether (sulfide) groups is 1. The largest absolute Gasteiger partial charge is 0.270 e. The van der Waals surface area contributed by atoms with Crippen molar-refractivity contribution in [1.29, 1.82) is 0 Å². The quantitative estimate of drug-likeness (QED) is 0.466. The van der Waals surface area contributed by atoms with Crippen LogP contribution < -0.4 is 0 Å². The molecule has 4 heteroatoms. The number of nitrogens with zero attached hydrogens (tertiary/aromatic N) is 1. The summed E-state index contributed by atoms with van der Waals surface area (Å²) in [5.41, 5.74) is 2.03. The Bertz CT molecular complexity index is 555. The second-order valence-corrected chi connectivity index (χ2v) is 4.36. The minimum atomic E-state index is -0.370. The van der Waals surface area contributed by atoms with Crippen LogP contribution in [0, 0.1) is 10.1 Å². The van der Waals surface area contributed by atoms with Gasteiger partial charge >= 0.3 is 0 Å². The molecule has 0 saturated carbocycles. The zero-order valence-electron chi connectivity index (χ0n) is 9.29. The van der Waals surface area contributed by atoms with E-state index >= 15 is 0 Å². The summed E-state index contributed by atoms with van der Waals surface area (Å²) in [5.74, 6) is 0. The summed E-state index contributed by atoms with van der Waals surface area (Å²) >= 11 is 1.63. The Hall–Kier alpha value is -1.81. The molecule has 17 heavy (non-hydrogen) atoms. The van der Waals surface area contributed by atoms with Crippen LogP contribution in [-0.2, 0) is 0 Å². The van der Waals surface area contributed by atoms with Crippen molar-refractivity contribution in [2.75, 3.05) is 6.26 Å². The topological polar surface area (TPSA) is 43.1 Å². The monoisotopic (exact) mass is 245 g/mol. The van der Waals surface area contributed by atoms with E-state index < -0.39 is 0 Å². The van der Waals surface area contributed by atoms with Crippen LogP contribution in [0.5, 0.6) is 0 Å². The zero-order chi connectivity index (χ0) is 12.3. The van der Waals surface area contributed by atoms with Gasteiger partial charge in [0.25, 0.3) is 5.69 Å². The average molecular weight is 245 g/mol. The summed E-state index contributed by atoms with van der Waals surface area (Å²) < 4.78 is 0. The standard InChI is InChI=1S/C13H11NO2S/c1-17-13-8-3-2-7-12(13)10-5-4-6-11(9-10)14(15)16/h2-9H,1H3. The van der Waals surface area contributed by atoms with Crippen LogP contribution in [0.4, 0.5) is 5.69 Å². The molecule has 0 spiro atoms. The third-order valence-corrected chi connectivity index (χ3v) is 3.27. The van der Waals surface area contributed by atoms with E-state index in [1.165, 1.54) is 6.07 Å². The van der Waals surface area contributed by atoms with Crippen LogP contribution in [-0.4, -0.2) is 11.2 Å². The van der Waals surface area contributed by atoms with Gasteiger partial charge in [0.05, 0.1) is 4.92 Å². The Morgan fingerprint density at radius 3 is 2.59 bits per heavy atom. The molecule has 0 aliphatic carbocycles. The van der Waals surface area contributed by atoms with Gasteiger partial charge in [0.2, 0.25) is 0 Å². The van der Waals surface area contributed by atoms with Crippen molar-refractivity contribution in [3.63, 3.8) is 0 Å². The van der Waals surface area contributed by atoms with Gasteiger partial charge in [-0.25, -0.2) is 0 Å². The smallest absolute Gasteiger partial charge is 0.258 e. The Morgan fingerprint density at radius 1 is 1.12 bits per heavy atom. The van der Waals surface area contributed by atoms with Gasteiger partial charge in [-0.05, 0) is 23.4 Å². The lowest BCUT2D eigenvalue weighted by Crippen LogP contribution is -1.88. The molecule has 0 aliphatic rings. The number of hydrogen-bond donors (Lipinski definition) is 0. The molecule has 0 bridgehead atoms. The normalized spacial score (nSPS) is 10.2. The third kappa shape index (κ3) is 2.47. The van der Waals surface area contributed by atoms with Crippen molar-refractivity contribution < 1.29 is 4.92 Å². The molecule has 0 amide bonds. The number of benzene rings is 2. The van der Waals surface area contributed by atoms with Crippen LogP contribution in [0.1, 0.15) is 0 Å². The summed E-state index contributed by atoms with van der Waals surface area (Å²) in [4.78, 5) is 11.5. The average Bonchev–Trinajstić information content (AvgIpc) is 2.39. The predicted molar refractivity (Wildman–Crippen MR) is 70.3 cm³/mol. The van der Waals surface area contributed by atoms with E-state index in [0.29, 0.717) is 0 Å². The highest BCUT2D eigenvalue weighted by Gasteiger charge is 2.09. The number of rotatable bonds is 3. The number of non-ortho nitro benzene ring substituents is 1. The fourth-order valence-corrected chi connectivity index (χ4v) is 2.29. The first-order valence-electron chi connectivity index (χ1n) is 5.10. The molecule has 0 fully saturated rings. The summed E-state index contributed by atoms with van der Waals surface area (Å²) in [6, 6.07) is 14.6. The van der Waals surface area contributed by atoms with Crippen molar-refractivity contribution in [2.24, 2.45) is 0 Å². The predicted octanol–water partition coefficient (Wildman–Crippen LogP) is 3.98. The molecule has 0 unspecified atom stereocenters. The maximum atomic E-state index is 10.7. The lowest BCUT2D eigenvalue weighted by Gasteiger charge is -2.06. The summed E-state index contributed by atoms with van der Waals surface area (Å²) in [6.45, 7) is 0. The van der Waals surface area contributed by atoms with E-state index in [0.717, 1.165) is 16.0 Å². The highest BCUT2D eigenvalue weighted by atomic mass is 32.2. The SMILES string of the molecule is CSc1ccccc1-c1cccc([N+](=O)[O-])c1. The highest BCUT2D eigenvalue weighted by molar-refractivity contribution is 7.98. The molecular formula is C13H11NO2S. The van der Waals surface area contributed by atoms with Crippen LogP contribution in [0.15, 0.2) is 53.4 Å². The summed E-state index contributed by atoms with van der Waals surface area (Å²) in [6.07, 6.45) is 2.00.